The fraction of sp³-hybridized carbons (Fsp3) is 0.400. The van der Waals surface area contributed by atoms with Crippen LogP contribution < -0.4 is 0 Å². The second-order valence-corrected chi connectivity index (χ2v) is 7.63. The minimum atomic E-state index is -2.83. The number of aliphatic hydroxyl groups excluding tert-OH is 3. The summed E-state index contributed by atoms with van der Waals surface area (Å²) in [6.45, 7) is 1.83. The molecule has 1 aliphatic heterocycles. The van der Waals surface area contributed by atoms with Gasteiger partial charge >= 0.3 is 0 Å². The minimum Gasteiger partial charge on any atom is -0.387 e. The molecule has 0 saturated carbocycles. The molecule has 1 fully saturated rings. The zero-order valence-electron chi connectivity index (χ0n) is 15.4. The number of halogens is 2. The first-order chi connectivity index (χ1) is 13.8. The van der Waals surface area contributed by atoms with E-state index in [1.807, 2.05) is 6.92 Å². The zero-order chi connectivity index (χ0) is 20.5. The van der Waals surface area contributed by atoms with Crippen LogP contribution in [0.3, 0.4) is 0 Å². The molecule has 1 aliphatic carbocycles. The normalized spacial score (nSPS) is 28.9. The van der Waals surface area contributed by atoms with Gasteiger partial charge in [0.15, 0.2) is 6.23 Å². The van der Waals surface area contributed by atoms with Gasteiger partial charge < -0.3 is 24.6 Å². The number of aryl methyl sites for hydroxylation is 1. The maximum absolute atomic E-state index is 13.5. The largest absolute Gasteiger partial charge is 0.387 e. The first-order valence-corrected chi connectivity index (χ1v) is 9.27. The molecule has 0 radical (unpaired) electrons. The number of rotatable bonds is 3. The van der Waals surface area contributed by atoms with Crippen LogP contribution >= 0.6 is 0 Å². The third kappa shape index (κ3) is 2.69. The molecule has 5 rings (SSSR count). The number of ether oxygens (including phenoxy) is 1. The molecule has 3 aromatic rings. The van der Waals surface area contributed by atoms with Crippen molar-refractivity contribution in [1.29, 1.82) is 0 Å². The molecule has 0 spiro atoms. The Morgan fingerprint density at radius 3 is 2.72 bits per heavy atom. The molecular weight excluding hydrogens is 384 g/mol. The predicted molar refractivity (Wildman–Crippen MR) is 97.2 cm³/mol. The van der Waals surface area contributed by atoms with Crippen molar-refractivity contribution in [2.45, 2.75) is 49.9 Å². The maximum atomic E-state index is 13.5. The third-order valence-electron chi connectivity index (χ3n) is 5.85. The van der Waals surface area contributed by atoms with Gasteiger partial charge in [-0.15, -0.1) is 0 Å². The van der Waals surface area contributed by atoms with E-state index in [0.29, 0.717) is 16.8 Å². The fourth-order valence-corrected chi connectivity index (χ4v) is 4.20. The number of hydrogen-bond donors (Lipinski definition) is 3. The van der Waals surface area contributed by atoms with Gasteiger partial charge in [-0.3, -0.25) is 0 Å². The van der Waals surface area contributed by atoms with Gasteiger partial charge in [-0.1, -0.05) is 18.2 Å². The van der Waals surface area contributed by atoms with Gasteiger partial charge in [0.05, 0.1) is 5.69 Å². The van der Waals surface area contributed by atoms with E-state index in [1.165, 1.54) is 24.5 Å². The van der Waals surface area contributed by atoms with Crippen LogP contribution in [-0.2, 0) is 17.1 Å². The van der Waals surface area contributed by atoms with Gasteiger partial charge in [-0.05, 0) is 24.1 Å². The Labute approximate surface area is 164 Å². The van der Waals surface area contributed by atoms with Gasteiger partial charge in [0.25, 0.3) is 5.92 Å². The number of nitrogens with zero attached hydrogens (tertiary/aromatic N) is 3. The van der Waals surface area contributed by atoms with E-state index < -0.39 is 36.6 Å². The zero-order valence-corrected chi connectivity index (χ0v) is 15.4. The van der Waals surface area contributed by atoms with Crippen LogP contribution in [0.1, 0.15) is 34.7 Å². The quantitative estimate of drug-likeness (QED) is 0.616. The third-order valence-corrected chi connectivity index (χ3v) is 5.85. The molecular formula is C20H19F2N3O4. The summed E-state index contributed by atoms with van der Waals surface area (Å²) >= 11 is 0. The van der Waals surface area contributed by atoms with Crippen LogP contribution in [0.2, 0.25) is 0 Å². The molecule has 0 bridgehead atoms. The summed E-state index contributed by atoms with van der Waals surface area (Å²) in [5, 5.41) is 32.6. The molecule has 3 N–H and O–H groups in total. The highest BCUT2D eigenvalue weighted by Crippen LogP contribution is 2.45. The summed E-state index contributed by atoms with van der Waals surface area (Å²) < 4.78 is 34.4. The summed E-state index contributed by atoms with van der Waals surface area (Å²) in [4.78, 5) is 8.35. The first-order valence-electron chi connectivity index (χ1n) is 9.27. The van der Waals surface area contributed by atoms with Gasteiger partial charge in [-0.2, -0.15) is 0 Å². The van der Waals surface area contributed by atoms with Crippen molar-refractivity contribution in [2.24, 2.45) is 0 Å². The van der Waals surface area contributed by atoms with Gasteiger partial charge in [0, 0.05) is 23.6 Å². The van der Waals surface area contributed by atoms with Crippen LogP contribution in [-0.4, -0.2) is 48.2 Å². The Bertz CT molecular complexity index is 1100. The van der Waals surface area contributed by atoms with Crippen LogP contribution in [0.5, 0.6) is 0 Å². The van der Waals surface area contributed by atoms with E-state index in [1.54, 1.807) is 16.8 Å². The molecule has 0 amide bonds. The molecule has 0 unspecified atom stereocenters. The van der Waals surface area contributed by atoms with Crippen molar-refractivity contribution in [3.05, 3.63) is 59.2 Å². The number of alkyl halides is 2. The average Bonchev–Trinajstić information content (AvgIpc) is 3.23. The Hall–Kier alpha value is -2.46. The smallest absolute Gasteiger partial charge is 0.277 e. The van der Waals surface area contributed by atoms with E-state index in [-0.39, 0.29) is 12.0 Å². The van der Waals surface area contributed by atoms with Crippen LogP contribution in [0.25, 0.3) is 11.0 Å². The van der Waals surface area contributed by atoms with Crippen molar-refractivity contribution in [3.63, 3.8) is 0 Å². The first kappa shape index (κ1) is 18.6. The second-order valence-electron chi connectivity index (χ2n) is 7.63. The molecule has 9 heteroatoms. The van der Waals surface area contributed by atoms with E-state index in [4.69, 9.17) is 4.74 Å². The van der Waals surface area contributed by atoms with Crippen molar-refractivity contribution in [1.82, 2.24) is 14.5 Å². The summed E-state index contributed by atoms with van der Waals surface area (Å²) in [5.74, 6) is -2.83. The van der Waals surface area contributed by atoms with Gasteiger partial charge in [0.2, 0.25) is 0 Å². The lowest BCUT2D eigenvalue weighted by molar-refractivity contribution is -0.0850. The fourth-order valence-electron chi connectivity index (χ4n) is 4.20. The molecule has 1 saturated heterocycles. The Balaban J connectivity index is 1.44. The van der Waals surface area contributed by atoms with Gasteiger partial charge in [0.1, 0.15) is 36.4 Å². The number of benzene rings is 1. The maximum Gasteiger partial charge on any atom is 0.277 e. The topological polar surface area (TPSA) is 101 Å². The Morgan fingerprint density at radius 2 is 2.00 bits per heavy atom. The minimum absolute atomic E-state index is 0.0480. The van der Waals surface area contributed by atoms with Crippen molar-refractivity contribution < 1.29 is 28.8 Å². The summed E-state index contributed by atoms with van der Waals surface area (Å²) in [5.41, 5.74) is 2.06. The number of aliphatic hydroxyl groups is 3. The lowest BCUT2D eigenvalue weighted by Gasteiger charge is -2.31. The molecule has 1 aromatic carbocycles. The summed E-state index contributed by atoms with van der Waals surface area (Å²) in [7, 11) is 0. The van der Waals surface area contributed by atoms with Crippen LogP contribution in [0.4, 0.5) is 8.78 Å². The van der Waals surface area contributed by atoms with Crippen LogP contribution in [0.15, 0.2) is 36.8 Å². The number of hydrogen-bond acceptors (Lipinski definition) is 6. The SMILES string of the molecule is Cc1ncnc2c1ccn2[C@@H]1O[C@H]([C@H](O)c2ccc3c(c2)CC3(F)F)[C@@H](O)[C@H]1O. The molecule has 29 heavy (non-hydrogen) atoms. The average molecular weight is 403 g/mol. The molecule has 2 aromatic heterocycles. The monoisotopic (exact) mass is 403 g/mol. The highest BCUT2D eigenvalue weighted by molar-refractivity contribution is 5.78. The standard InChI is InChI=1S/C20H19F2N3O4/c1-9-12-4-5-25(18(12)24-8-23-9)19-16(28)15(27)17(29-19)14(26)10-2-3-13-11(6-10)7-20(13,21)22/h2-6,8,14-17,19,26-28H,7H2,1H3/t14-,15+,16-,17-,19-/m1/s1. The predicted octanol–water partition coefficient (Wildman–Crippen LogP) is 1.74. The Morgan fingerprint density at radius 1 is 1.21 bits per heavy atom. The van der Waals surface area contributed by atoms with E-state index in [9.17, 15) is 24.1 Å². The van der Waals surface area contributed by atoms with E-state index in [2.05, 4.69) is 9.97 Å². The highest BCUT2D eigenvalue weighted by atomic mass is 19.3. The summed E-state index contributed by atoms with van der Waals surface area (Å²) in [6.07, 6.45) is -3.37. The van der Waals surface area contributed by atoms with Gasteiger partial charge in [-0.25, -0.2) is 18.7 Å². The lowest BCUT2D eigenvalue weighted by atomic mass is 9.82. The van der Waals surface area contributed by atoms with Crippen molar-refractivity contribution >= 4 is 11.0 Å². The van der Waals surface area contributed by atoms with E-state index >= 15 is 0 Å². The lowest BCUT2D eigenvalue weighted by Crippen LogP contribution is -2.35. The molecule has 3 heterocycles. The number of aromatic nitrogens is 3. The van der Waals surface area contributed by atoms with E-state index in [0.717, 1.165) is 11.1 Å². The van der Waals surface area contributed by atoms with Crippen molar-refractivity contribution in [3.8, 4) is 0 Å². The number of fused-ring (bicyclic) bond motifs is 2. The molecule has 7 nitrogen and oxygen atoms in total. The van der Waals surface area contributed by atoms with Crippen LogP contribution in [0, 0.1) is 6.92 Å². The molecule has 152 valence electrons. The highest BCUT2D eigenvalue weighted by Gasteiger charge is 2.48. The van der Waals surface area contributed by atoms with Crippen molar-refractivity contribution in [2.75, 3.05) is 0 Å². The summed E-state index contributed by atoms with van der Waals surface area (Å²) in [6, 6.07) is 5.96. The molecule has 5 atom stereocenters. The second kappa shape index (κ2) is 6.27. The molecule has 2 aliphatic rings. The Kier molecular flexibility index (Phi) is 4.01.